The fourth-order valence-corrected chi connectivity index (χ4v) is 2.63. The average molecular weight is 297 g/mol. The number of thiophene rings is 1. The third kappa shape index (κ3) is 3.14. The predicted octanol–water partition coefficient (Wildman–Crippen LogP) is 3.76. The van der Waals surface area contributed by atoms with E-state index < -0.39 is 0 Å². The van der Waals surface area contributed by atoms with Gasteiger partial charge in [0.05, 0.1) is 0 Å². The van der Waals surface area contributed by atoms with E-state index in [1.54, 1.807) is 17.5 Å². The summed E-state index contributed by atoms with van der Waals surface area (Å²) < 4.78 is 1.02. The fraction of sp³-hybridized carbons (Fsp3) is 0.250. The van der Waals surface area contributed by atoms with Crippen molar-refractivity contribution < 1.29 is 0 Å². The fourth-order valence-electron chi connectivity index (χ4n) is 1.46. The topological polar surface area (TPSA) is 24.9 Å². The van der Waals surface area contributed by atoms with Gasteiger partial charge in [0.15, 0.2) is 0 Å². The smallest absolute Gasteiger partial charge is 0.0410 e. The molecule has 0 saturated carbocycles. The lowest BCUT2D eigenvalue weighted by Crippen LogP contribution is -2.17. The molecule has 0 spiro atoms. The molecule has 16 heavy (non-hydrogen) atoms. The molecule has 0 radical (unpaired) electrons. The standard InChI is InChI=1S/C12H13BrN2S/c1-9(12-3-2-4-16-12)15-7-10-5-11(13)8-14-6-10/h2-6,8-9,15H,7H2,1H3. The minimum Gasteiger partial charge on any atom is -0.305 e. The second-order valence-electron chi connectivity index (χ2n) is 3.63. The van der Waals surface area contributed by atoms with Crippen molar-refractivity contribution in [3.63, 3.8) is 0 Å². The summed E-state index contributed by atoms with van der Waals surface area (Å²) in [6, 6.07) is 6.71. The normalized spacial score (nSPS) is 12.6. The van der Waals surface area contributed by atoms with E-state index in [1.165, 1.54) is 10.4 Å². The molecule has 84 valence electrons. The summed E-state index contributed by atoms with van der Waals surface area (Å²) in [6.07, 6.45) is 3.69. The molecule has 0 fully saturated rings. The van der Waals surface area contributed by atoms with Crippen LogP contribution in [0.15, 0.2) is 40.4 Å². The summed E-state index contributed by atoms with van der Waals surface area (Å²) in [5, 5.41) is 5.58. The van der Waals surface area contributed by atoms with Crippen LogP contribution in [-0.4, -0.2) is 4.98 Å². The molecule has 0 aromatic carbocycles. The van der Waals surface area contributed by atoms with Crippen LogP contribution in [0, 0.1) is 0 Å². The molecule has 0 aliphatic heterocycles. The molecule has 0 aliphatic rings. The molecule has 2 rings (SSSR count). The van der Waals surface area contributed by atoms with Gasteiger partial charge in [0, 0.05) is 34.3 Å². The maximum absolute atomic E-state index is 4.14. The van der Waals surface area contributed by atoms with Crippen LogP contribution < -0.4 is 5.32 Å². The third-order valence-corrected chi connectivity index (χ3v) is 3.83. The molecule has 2 aromatic rings. The molecular formula is C12H13BrN2S. The Hall–Kier alpha value is -0.710. The van der Waals surface area contributed by atoms with Crippen molar-refractivity contribution in [2.45, 2.75) is 19.5 Å². The van der Waals surface area contributed by atoms with Crippen molar-refractivity contribution in [2.75, 3.05) is 0 Å². The van der Waals surface area contributed by atoms with Gasteiger partial charge in [0.2, 0.25) is 0 Å². The molecule has 2 aromatic heterocycles. The van der Waals surface area contributed by atoms with Crippen LogP contribution in [0.2, 0.25) is 0 Å². The van der Waals surface area contributed by atoms with E-state index in [4.69, 9.17) is 0 Å². The number of aromatic nitrogens is 1. The monoisotopic (exact) mass is 296 g/mol. The summed E-state index contributed by atoms with van der Waals surface area (Å²) in [5.74, 6) is 0. The van der Waals surface area contributed by atoms with E-state index >= 15 is 0 Å². The van der Waals surface area contributed by atoms with Crippen LogP contribution in [0.4, 0.5) is 0 Å². The quantitative estimate of drug-likeness (QED) is 0.929. The number of nitrogens with one attached hydrogen (secondary N) is 1. The highest BCUT2D eigenvalue weighted by molar-refractivity contribution is 9.10. The number of hydrogen-bond donors (Lipinski definition) is 1. The van der Waals surface area contributed by atoms with Crippen LogP contribution in [0.3, 0.4) is 0 Å². The van der Waals surface area contributed by atoms with Gasteiger partial charge in [-0.25, -0.2) is 0 Å². The summed E-state index contributed by atoms with van der Waals surface area (Å²) in [6.45, 7) is 3.02. The van der Waals surface area contributed by atoms with E-state index in [1.807, 2.05) is 6.20 Å². The Labute approximate surface area is 108 Å². The lowest BCUT2D eigenvalue weighted by atomic mass is 10.2. The van der Waals surface area contributed by atoms with Gasteiger partial charge in [-0.3, -0.25) is 4.98 Å². The second kappa shape index (κ2) is 5.57. The van der Waals surface area contributed by atoms with Gasteiger partial charge in [-0.15, -0.1) is 11.3 Å². The van der Waals surface area contributed by atoms with E-state index in [2.05, 4.69) is 56.7 Å². The molecule has 1 unspecified atom stereocenters. The molecule has 0 amide bonds. The first-order valence-corrected chi connectivity index (χ1v) is 6.79. The van der Waals surface area contributed by atoms with Gasteiger partial charge >= 0.3 is 0 Å². The van der Waals surface area contributed by atoms with Gasteiger partial charge in [-0.2, -0.15) is 0 Å². The summed E-state index contributed by atoms with van der Waals surface area (Å²) in [5.41, 5.74) is 1.19. The Morgan fingerprint density at radius 1 is 1.50 bits per heavy atom. The number of hydrogen-bond acceptors (Lipinski definition) is 3. The Morgan fingerprint density at radius 3 is 3.06 bits per heavy atom. The zero-order valence-electron chi connectivity index (χ0n) is 8.98. The van der Waals surface area contributed by atoms with Crippen molar-refractivity contribution in [2.24, 2.45) is 0 Å². The van der Waals surface area contributed by atoms with Crippen molar-refractivity contribution in [1.29, 1.82) is 0 Å². The first-order chi connectivity index (χ1) is 7.75. The zero-order valence-corrected chi connectivity index (χ0v) is 11.4. The molecule has 0 aliphatic carbocycles. The van der Waals surface area contributed by atoms with E-state index in [-0.39, 0.29) is 0 Å². The van der Waals surface area contributed by atoms with Gasteiger partial charge < -0.3 is 5.32 Å². The summed E-state index contributed by atoms with van der Waals surface area (Å²) in [7, 11) is 0. The van der Waals surface area contributed by atoms with Crippen LogP contribution in [-0.2, 0) is 6.54 Å². The van der Waals surface area contributed by atoms with E-state index in [0.29, 0.717) is 6.04 Å². The van der Waals surface area contributed by atoms with Crippen LogP contribution >= 0.6 is 27.3 Å². The van der Waals surface area contributed by atoms with Crippen molar-refractivity contribution in [1.82, 2.24) is 10.3 Å². The van der Waals surface area contributed by atoms with Crippen molar-refractivity contribution in [3.8, 4) is 0 Å². The Bertz CT molecular complexity index is 442. The highest BCUT2D eigenvalue weighted by Crippen LogP contribution is 2.18. The Balaban J connectivity index is 1.92. The number of pyridine rings is 1. The van der Waals surface area contributed by atoms with Gasteiger partial charge in [-0.1, -0.05) is 6.07 Å². The molecule has 4 heteroatoms. The first kappa shape index (κ1) is 11.8. The maximum atomic E-state index is 4.14. The van der Waals surface area contributed by atoms with E-state index in [9.17, 15) is 0 Å². The van der Waals surface area contributed by atoms with E-state index in [0.717, 1.165) is 11.0 Å². The highest BCUT2D eigenvalue weighted by Gasteiger charge is 2.05. The number of nitrogens with zero attached hydrogens (tertiary/aromatic N) is 1. The summed E-state index contributed by atoms with van der Waals surface area (Å²) in [4.78, 5) is 5.50. The van der Waals surface area contributed by atoms with Crippen molar-refractivity contribution in [3.05, 3.63) is 50.9 Å². The Kier molecular flexibility index (Phi) is 4.09. The molecular weight excluding hydrogens is 284 g/mol. The van der Waals surface area contributed by atoms with Gasteiger partial charge in [-0.05, 0) is 45.9 Å². The second-order valence-corrected chi connectivity index (χ2v) is 5.52. The van der Waals surface area contributed by atoms with Crippen LogP contribution in [0.1, 0.15) is 23.4 Å². The number of halogens is 1. The predicted molar refractivity (Wildman–Crippen MR) is 71.5 cm³/mol. The van der Waals surface area contributed by atoms with Gasteiger partial charge in [0.25, 0.3) is 0 Å². The molecule has 1 atom stereocenters. The summed E-state index contributed by atoms with van der Waals surface area (Å²) >= 11 is 5.20. The maximum Gasteiger partial charge on any atom is 0.0410 e. The van der Waals surface area contributed by atoms with Crippen LogP contribution in [0.5, 0.6) is 0 Å². The largest absolute Gasteiger partial charge is 0.305 e. The average Bonchev–Trinajstić information content (AvgIpc) is 2.79. The zero-order chi connectivity index (χ0) is 11.4. The molecule has 0 saturated heterocycles. The Morgan fingerprint density at radius 2 is 2.38 bits per heavy atom. The minimum absolute atomic E-state index is 0.388. The van der Waals surface area contributed by atoms with Crippen LogP contribution in [0.25, 0.3) is 0 Å². The minimum atomic E-state index is 0.388. The third-order valence-electron chi connectivity index (χ3n) is 2.34. The highest BCUT2D eigenvalue weighted by atomic mass is 79.9. The first-order valence-electron chi connectivity index (χ1n) is 5.12. The van der Waals surface area contributed by atoms with Crippen molar-refractivity contribution >= 4 is 27.3 Å². The molecule has 2 nitrogen and oxygen atoms in total. The SMILES string of the molecule is CC(NCc1cncc(Br)c1)c1cccs1. The molecule has 2 heterocycles. The van der Waals surface area contributed by atoms with Gasteiger partial charge in [0.1, 0.15) is 0 Å². The molecule has 0 bridgehead atoms. The number of rotatable bonds is 4. The lowest BCUT2D eigenvalue weighted by Gasteiger charge is -2.11. The lowest BCUT2D eigenvalue weighted by molar-refractivity contribution is 0.582. The molecule has 1 N–H and O–H groups in total.